The molecule has 0 aromatic heterocycles. The molecule has 0 aliphatic carbocycles. The van der Waals surface area contributed by atoms with E-state index in [0.29, 0.717) is 23.6 Å². The van der Waals surface area contributed by atoms with Gasteiger partial charge in [0.05, 0.1) is 19.3 Å². The van der Waals surface area contributed by atoms with E-state index in [2.05, 4.69) is 0 Å². The molecule has 0 N–H and O–H groups in total. The van der Waals surface area contributed by atoms with Crippen molar-refractivity contribution in [2.75, 3.05) is 13.7 Å². The molecule has 0 saturated carbocycles. The van der Waals surface area contributed by atoms with Crippen LogP contribution in [-0.2, 0) is 11.2 Å². The number of methoxy groups -OCH3 is 1. The summed E-state index contributed by atoms with van der Waals surface area (Å²) in [7, 11) is 1.63. The molecule has 104 valence electrons. The monoisotopic (exact) mass is 290 g/mol. The van der Waals surface area contributed by atoms with Crippen molar-refractivity contribution in [2.24, 2.45) is 0 Å². The molecule has 0 radical (unpaired) electrons. The molecule has 0 fully saturated rings. The zero-order valence-electron chi connectivity index (χ0n) is 11.1. The van der Waals surface area contributed by atoms with Crippen LogP contribution in [0.3, 0.4) is 0 Å². The van der Waals surface area contributed by atoms with Crippen molar-refractivity contribution in [3.8, 4) is 5.75 Å². The Bertz CT molecular complexity index is 579. The van der Waals surface area contributed by atoms with Gasteiger partial charge < -0.3 is 9.47 Å². The average molecular weight is 291 g/mol. The Morgan fingerprint density at radius 3 is 2.55 bits per heavy atom. The second kappa shape index (κ2) is 6.96. The number of carbonyl (C=O) groups is 1. The van der Waals surface area contributed by atoms with Crippen LogP contribution in [0, 0.1) is 0 Å². The Morgan fingerprint density at radius 1 is 1.15 bits per heavy atom. The Hall–Kier alpha value is -2.00. The van der Waals surface area contributed by atoms with Gasteiger partial charge in [-0.15, -0.1) is 0 Å². The zero-order valence-corrected chi connectivity index (χ0v) is 11.9. The minimum Gasteiger partial charge on any atom is -0.497 e. The lowest BCUT2D eigenvalue weighted by Gasteiger charge is -2.06. The van der Waals surface area contributed by atoms with E-state index < -0.39 is 0 Å². The van der Waals surface area contributed by atoms with Gasteiger partial charge in [-0.25, -0.2) is 4.79 Å². The van der Waals surface area contributed by atoms with Gasteiger partial charge in [-0.2, -0.15) is 0 Å². The lowest BCUT2D eigenvalue weighted by Crippen LogP contribution is -2.08. The number of carbonyl (C=O) groups excluding carboxylic acids is 1. The fourth-order valence-electron chi connectivity index (χ4n) is 1.75. The molecule has 0 amide bonds. The molecule has 0 bridgehead atoms. The summed E-state index contributed by atoms with van der Waals surface area (Å²) in [6.07, 6.45) is 0.663. The van der Waals surface area contributed by atoms with Crippen molar-refractivity contribution in [1.82, 2.24) is 0 Å². The van der Waals surface area contributed by atoms with E-state index in [1.165, 1.54) is 0 Å². The minimum absolute atomic E-state index is 0.331. The number of halogens is 1. The summed E-state index contributed by atoms with van der Waals surface area (Å²) < 4.78 is 10.3. The van der Waals surface area contributed by atoms with Gasteiger partial charge in [0.25, 0.3) is 0 Å². The van der Waals surface area contributed by atoms with Crippen LogP contribution in [-0.4, -0.2) is 19.7 Å². The normalized spacial score (nSPS) is 10.1. The second-order valence-corrected chi connectivity index (χ2v) is 4.68. The second-order valence-electron chi connectivity index (χ2n) is 4.24. The van der Waals surface area contributed by atoms with Gasteiger partial charge >= 0.3 is 5.97 Å². The Labute approximate surface area is 123 Å². The molecule has 0 atom stereocenters. The van der Waals surface area contributed by atoms with Crippen molar-refractivity contribution < 1.29 is 14.3 Å². The summed E-state index contributed by atoms with van der Waals surface area (Å²) in [6, 6.07) is 14.4. The number of esters is 1. The molecule has 0 saturated heterocycles. The van der Waals surface area contributed by atoms with Crippen molar-refractivity contribution in [2.45, 2.75) is 6.42 Å². The van der Waals surface area contributed by atoms with E-state index in [4.69, 9.17) is 21.1 Å². The van der Waals surface area contributed by atoms with Gasteiger partial charge in [0.2, 0.25) is 0 Å². The number of ether oxygens (including phenoxy) is 2. The van der Waals surface area contributed by atoms with Crippen molar-refractivity contribution in [3.63, 3.8) is 0 Å². The number of hydrogen-bond acceptors (Lipinski definition) is 3. The molecule has 0 unspecified atom stereocenters. The average Bonchev–Trinajstić information content (AvgIpc) is 2.48. The van der Waals surface area contributed by atoms with Gasteiger partial charge in [0, 0.05) is 11.4 Å². The van der Waals surface area contributed by atoms with Crippen LogP contribution in [0.5, 0.6) is 5.75 Å². The molecular formula is C16H15ClO3. The predicted octanol–water partition coefficient (Wildman–Crippen LogP) is 3.75. The van der Waals surface area contributed by atoms with E-state index in [-0.39, 0.29) is 5.97 Å². The van der Waals surface area contributed by atoms with E-state index in [1.807, 2.05) is 24.3 Å². The first kappa shape index (κ1) is 14.4. The molecule has 0 aliphatic rings. The summed E-state index contributed by atoms with van der Waals surface area (Å²) in [4.78, 5) is 11.8. The first-order chi connectivity index (χ1) is 9.69. The Morgan fingerprint density at radius 2 is 1.90 bits per heavy atom. The SMILES string of the molecule is COc1ccc(CCOC(=O)c2cccc(Cl)c2)cc1. The molecule has 2 aromatic carbocycles. The van der Waals surface area contributed by atoms with E-state index in [0.717, 1.165) is 11.3 Å². The van der Waals surface area contributed by atoms with Crippen molar-refractivity contribution in [1.29, 1.82) is 0 Å². The largest absolute Gasteiger partial charge is 0.497 e. The summed E-state index contributed by atoms with van der Waals surface area (Å²) >= 11 is 5.83. The van der Waals surface area contributed by atoms with Crippen LogP contribution >= 0.6 is 11.6 Å². The van der Waals surface area contributed by atoms with E-state index >= 15 is 0 Å². The maximum absolute atomic E-state index is 11.8. The molecule has 3 nitrogen and oxygen atoms in total. The van der Waals surface area contributed by atoms with Crippen molar-refractivity contribution >= 4 is 17.6 Å². The van der Waals surface area contributed by atoms with Crippen molar-refractivity contribution in [3.05, 3.63) is 64.7 Å². The fourth-order valence-corrected chi connectivity index (χ4v) is 1.94. The molecule has 0 heterocycles. The molecule has 4 heteroatoms. The van der Waals surface area contributed by atoms with Gasteiger partial charge in [-0.05, 0) is 35.9 Å². The fraction of sp³-hybridized carbons (Fsp3) is 0.188. The minimum atomic E-state index is -0.360. The maximum Gasteiger partial charge on any atom is 0.338 e. The van der Waals surface area contributed by atoms with Crippen LogP contribution in [0.1, 0.15) is 15.9 Å². The Balaban J connectivity index is 1.84. The van der Waals surface area contributed by atoms with E-state index in [1.54, 1.807) is 31.4 Å². The maximum atomic E-state index is 11.8. The summed E-state index contributed by atoms with van der Waals surface area (Å²) in [5.74, 6) is 0.450. The number of benzene rings is 2. The molecule has 0 aliphatic heterocycles. The van der Waals surface area contributed by atoms with Crippen LogP contribution < -0.4 is 4.74 Å². The standard InChI is InChI=1S/C16H15ClO3/c1-19-15-7-5-12(6-8-15)9-10-20-16(18)13-3-2-4-14(17)11-13/h2-8,11H,9-10H2,1H3. The molecule has 0 spiro atoms. The zero-order chi connectivity index (χ0) is 14.4. The quantitative estimate of drug-likeness (QED) is 0.787. The third-order valence-corrected chi connectivity index (χ3v) is 3.08. The first-order valence-electron chi connectivity index (χ1n) is 6.24. The first-order valence-corrected chi connectivity index (χ1v) is 6.62. The van der Waals surface area contributed by atoms with Crippen LogP contribution in [0.2, 0.25) is 5.02 Å². The predicted molar refractivity (Wildman–Crippen MR) is 78.4 cm³/mol. The number of rotatable bonds is 5. The van der Waals surface area contributed by atoms with Gasteiger partial charge in [0.15, 0.2) is 0 Å². The van der Waals surface area contributed by atoms with Crippen LogP contribution in [0.25, 0.3) is 0 Å². The van der Waals surface area contributed by atoms with Gasteiger partial charge in [-0.3, -0.25) is 0 Å². The Kier molecular flexibility index (Phi) is 5.02. The molecule has 2 rings (SSSR count). The summed E-state index contributed by atoms with van der Waals surface area (Å²) in [5.41, 5.74) is 1.55. The highest BCUT2D eigenvalue weighted by Gasteiger charge is 2.07. The highest BCUT2D eigenvalue weighted by molar-refractivity contribution is 6.30. The lowest BCUT2D eigenvalue weighted by molar-refractivity contribution is 0.0509. The third kappa shape index (κ3) is 4.00. The molecular weight excluding hydrogens is 276 g/mol. The lowest BCUT2D eigenvalue weighted by atomic mass is 10.1. The van der Waals surface area contributed by atoms with Gasteiger partial charge in [-0.1, -0.05) is 29.8 Å². The smallest absolute Gasteiger partial charge is 0.338 e. The highest BCUT2D eigenvalue weighted by Crippen LogP contribution is 2.13. The summed E-state index contributed by atoms with van der Waals surface area (Å²) in [6.45, 7) is 0.331. The molecule has 2 aromatic rings. The van der Waals surface area contributed by atoms with Crippen LogP contribution in [0.15, 0.2) is 48.5 Å². The van der Waals surface area contributed by atoms with E-state index in [9.17, 15) is 4.79 Å². The van der Waals surface area contributed by atoms with Gasteiger partial charge in [0.1, 0.15) is 5.75 Å². The number of hydrogen-bond donors (Lipinski definition) is 0. The van der Waals surface area contributed by atoms with Crippen LogP contribution in [0.4, 0.5) is 0 Å². The topological polar surface area (TPSA) is 35.5 Å². The molecule has 20 heavy (non-hydrogen) atoms. The third-order valence-electron chi connectivity index (χ3n) is 2.84. The highest BCUT2D eigenvalue weighted by atomic mass is 35.5. The summed E-state index contributed by atoms with van der Waals surface area (Å²) in [5, 5.41) is 0.523.